The highest BCUT2D eigenvalue weighted by Crippen LogP contribution is 2.46. The molecule has 0 aliphatic heterocycles. The summed E-state index contributed by atoms with van der Waals surface area (Å²) in [6, 6.07) is 51.7. The number of nitrogens with zero attached hydrogens (tertiary/aromatic N) is 1. The normalized spacial score (nSPS) is 11.2. The molecule has 160 valence electrons. The highest BCUT2D eigenvalue weighted by molar-refractivity contribution is 7.87. The molecular weight excluding hydrogens is 417 g/mol. The summed E-state index contributed by atoms with van der Waals surface area (Å²) in [5.74, 6) is 0. The molecule has 0 saturated carbocycles. The van der Waals surface area contributed by atoms with Crippen molar-refractivity contribution in [3.63, 3.8) is 0 Å². The van der Waals surface area contributed by atoms with Gasteiger partial charge in [0.05, 0.1) is 13.6 Å². The predicted octanol–water partition coefficient (Wildman–Crippen LogP) is 7.03. The smallest absolute Gasteiger partial charge is 0.0636 e. The van der Waals surface area contributed by atoms with Gasteiger partial charge in [-0.05, 0) is 16.7 Å². The predicted molar refractivity (Wildman–Crippen MR) is 143 cm³/mol. The molecule has 2 heteroatoms. The fraction of sp³-hybridized carbons (Fsp3) is 0.0323. The minimum Gasteiger partial charge on any atom is -0.285 e. The molecule has 5 rings (SSSR count). The van der Waals surface area contributed by atoms with Crippen LogP contribution >= 0.6 is 7.05 Å². The van der Waals surface area contributed by atoms with Crippen molar-refractivity contribution in [2.75, 3.05) is 0 Å². The van der Waals surface area contributed by atoms with Crippen molar-refractivity contribution in [1.29, 1.82) is 0 Å². The molecule has 0 aliphatic rings. The SMILES string of the molecule is c1ccc(-c2ccc(CN=P(c3ccccc3)(c3ccccc3)c3ccccc3)cc2)cc1. The summed E-state index contributed by atoms with van der Waals surface area (Å²) < 4.78 is 5.55. The molecule has 0 saturated heterocycles. The van der Waals surface area contributed by atoms with Gasteiger partial charge in [0.15, 0.2) is 0 Å². The lowest BCUT2D eigenvalue weighted by Crippen LogP contribution is -2.25. The molecule has 0 aromatic heterocycles. The Bertz CT molecular complexity index is 1240. The molecule has 0 aliphatic carbocycles. The Labute approximate surface area is 196 Å². The van der Waals surface area contributed by atoms with Gasteiger partial charge in [0.25, 0.3) is 0 Å². The van der Waals surface area contributed by atoms with Gasteiger partial charge in [-0.1, -0.05) is 146 Å². The van der Waals surface area contributed by atoms with Crippen molar-refractivity contribution in [2.45, 2.75) is 6.54 Å². The van der Waals surface area contributed by atoms with E-state index in [2.05, 4.69) is 146 Å². The summed E-state index contributed by atoms with van der Waals surface area (Å²) in [6.07, 6.45) is 0. The molecule has 0 spiro atoms. The highest BCUT2D eigenvalue weighted by atomic mass is 31.2. The Kier molecular flexibility index (Phi) is 6.33. The Hall–Kier alpha value is -3.67. The van der Waals surface area contributed by atoms with Crippen molar-refractivity contribution in [3.05, 3.63) is 151 Å². The summed E-state index contributed by atoms with van der Waals surface area (Å²) in [5, 5.41) is 3.84. The second-order valence-corrected chi connectivity index (χ2v) is 11.1. The van der Waals surface area contributed by atoms with Gasteiger partial charge in [-0.3, -0.25) is 4.74 Å². The molecule has 0 atom stereocenters. The van der Waals surface area contributed by atoms with Crippen molar-refractivity contribution < 1.29 is 0 Å². The molecule has 0 fully saturated rings. The third-order valence-electron chi connectivity index (χ3n) is 5.92. The zero-order chi connectivity index (χ0) is 22.3. The summed E-state index contributed by atoms with van der Waals surface area (Å²) in [7, 11) is -2.16. The Morgan fingerprint density at radius 1 is 0.394 bits per heavy atom. The van der Waals surface area contributed by atoms with E-state index in [0.29, 0.717) is 6.54 Å². The van der Waals surface area contributed by atoms with Gasteiger partial charge in [-0.15, -0.1) is 0 Å². The van der Waals surface area contributed by atoms with Crippen LogP contribution in [0.3, 0.4) is 0 Å². The minimum atomic E-state index is -2.16. The highest BCUT2D eigenvalue weighted by Gasteiger charge is 2.26. The number of benzene rings is 5. The second-order valence-electron chi connectivity index (χ2n) is 8.00. The maximum Gasteiger partial charge on any atom is 0.0636 e. The third-order valence-corrected chi connectivity index (χ3v) is 9.62. The van der Waals surface area contributed by atoms with Gasteiger partial charge in [0.1, 0.15) is 0 Å². The zero-order valence-electron chi connectivity index (χ0n) is 18.5. The van der Waals surface area contributed by atoms with Crippen LogP contribution in [0.25, 0.3) is 11.1 Å². The van der Waals surface area contributed by atoms with Gasteiger partial charge in [-0.25, -0.2) is 0 Å². The van der Waals surface area contributed by atoms with Crippen LogP contribution in [0.4, 0.5) is 0 Å². The quantitative estimate of drug-likeness (QED) is 0.250. The molecule has 0 N–H and O–H groups in total. The van der Waals surface area contributed by atoms with Gasteiger partial charge >= 0.3 is 0 Å². The number of hydrogen-bond donors (Lipinski definition) is 0. The van der Waals surface area contributed by atoms with Crippen molar-refractivity contribution in [2.24, 2.45) is 4.74 Å². The molecule has 1 nitrogen and oxygen atoms in total. The van der Waals surface area contributed by atoms with E-state index in [1.807, 2.05) is 0 Å². The minimum absolute atomic E-state index is 0.668. The van der Waals surface area contributed by atoms with Crippen molar-refractivity contribution in [3.8, 4) is 11.1 Å². The number of rotatable bonds is 6. The van der Waals surface area contributed by atoms with E-state index in [9.17, 15) is 0 Å². The molecule has 0 unspecified atom stereocenters. The van der Waals surface area contributed by atoms with E-state index in [1.165, 1.54) is 32.6 Å². The topological polar surface area (TPSA) is 12.4 Å². The van der Waals surface area contributed by atoms with E-state index in [4.69, 9.17) is 4.74 Å². The van der Waals surface area contributed by atoms with E-state index >= 15 is 0 Å². The van der Waals surface area contributed by atoms with Crippen LogP contribution in [0.15, 0.2) is 150 Å². The zero-order valence-corrected chi connectivity index (χ0v) is 19.4. The van der Waals surface area contributed by atoms with Crippen molar-refractivity contribution >= 4 is 23.0 Å². The van der Waals surface area contributed by atoms with Crippen LogP contribution in [-0.4, -0.2) is 0 Å². The molecule has 33 heavy (non-hydrogen) atoms. The fourth-order valence-corrected chi connectivity index (χ4v) is 7.81. The molecule has 0 amide bonds. The number of hydrogen-bond acceptors (Lipinski definition) is 1. The first kappa shape index (κ1) is 21.2. The molecule has 0 heterocycles. The monoisotopic (exact) mass is 443 g/mol. The van der Waals surface area contributed by atoms with Crippen LogP contribution in [0.2, 0.25) is 0 Å². The average Bonchev–Trinajstić information content (AvgIpc) is 2.92. The summed E-state index contributed by atoms with van der Waals surface area (Å²) in [6.45, 7) is 0.668. The second kappa shape index (κ2) is 9.86. The first-order valence-corrected chi connectivity index (χ1v) is 13.0. The van der Waals surface area contributed by atoms with Gasteiger partial charge in [-0.2, -0.15) is 0 Å². The Morgan fingerprint density at radius 2 is 0.758 bits per heavy atom. The van der Waals surface area contributed by atoms with Gasteiger partial charge in [0, 0.05) is 15.9 Å². The summed E-state index contributed by atoms with van der Waals surface area (Å²) >= 11 is 0. The van der Waals surface area contributed by atoms with E-state index < -0.39 is 7.05 Å². The van der Waals surface area contributed by atoms with Crippen LogP contribution in [0, 0.1) is 0 Å². The lowest BCUT2D eigenvalue weighted by atomic mass is 10.0. The lowest BCUT2D eigenvalue weighted by Gasteiger charge is -2.27. The Morgan fingerprint density at radius 3 is 1.18 bits per heavy atom. The molecule has 0 bridgehead atoms. The van der Waals surface area contributed by atoms with E-state index in [1.54, 1.807) is 0 Å². The Balaban J connectivity index is 1.63. The van der Waals surface area contributed by atoms with Crippen LogP contribution in [0.5, 0.6) is 0 Å². The standard InChI is InChI=1S/C31H26NP/c1-5-13-27(14-6-1)28-23-21-26(22-24-28)25-32-33(29-15-7-2-8-16-29,30-17-9-3-10-18-30)31-19-11-4-12-20-31/h1-24H,25H2. The average molecular weight is 444 g/mol. The van der Waals surface area contributed by atoms with E-state index in [0.717, 1.165) is 0 Å². The van der Waals surface area contributed by atoms with Crippen LogP contribution < -0.4 is 15.9 Å². The fourth-order valence-electron chi connectivity index (χ4n) is 4.24. The third kappa shape index (κ3) is 4.46. The molecule has 5 aromatic rings. The van der Waals surface area contributed by atoms with Crippen LogP contribution in [-0.2, 0) is 6.54 Å². The molecular formula is C31H26NP. The first-order chi connectivity index (χ1) is 16.4. The summed E-state index contributed by atoms with van der Waals surface area (Å²) in [4.78, 5) is 0. The lowest BCUT2D eigenvalue weighted by molar-refractivity contribution is 1.09. The first-order valence-electron chi connectivity index (χ1n) is 11.3. The van der Waals surface area contributed by atoms with E-state index in [-0.39, 0.29) is 0 Å². The molecule has 5 aromatic carbocycles. The summed E-state index contributed by atoms with van der Waals surface area (Å²) in [5.41, 5.74) is 3.69. The molecule has 0 radical (unpaired) electrons. The van der Waals surface area contributed by atoms with Gasteiger partial charge < -0.3 is 0 Å². The van der Waals surface area contributed by atoms with Crippen molar-refractivity contribution in [1.82, 2.24) is 0 Å². The maximum atomic E-state index is 5.55. The van der Waals surface area contributed by atoms with Crippen LogP contribution in [0.1, 0.15) is 5.56 Å². The maximum absolute atomic E-state index is 5.55. The van der Waals surface area contributed by atoms with Gasteiger partial charge in [0.2, 0.25) is 0 Å². The largest absolute Gasteiger partial charge is 0.285 e.